The van der Waals surface area contributed by atoms with E-state index in [-0.39, 0.29) is 5.56 Å². The summed E-state index contributed by atoms with van der Waals surface area (Å²) in [6.45, 7) is 3.55. The van der Waals surface area contributed by atoms with Crippen LogP contribution in [0.15, 0.2) is 30.5 Å². The van der Waals surface area contributed by atoms with Crippen molar-refractivity contribution in [3.8, 4) is 0 Å². The van der Waals surface area contributed by atoms with Crippen molar-refractivity contribution in [1.29, 1.82) is 0 Å². The van der Waals surface area contributed by atoms with E-state index in [2.05, 4.69) is 10.3 Å². The molecule has 1 heterocycles. The molecule has 0 spiro atoms. The fourth-order valence-electron chi connectivity index (χ4n) is 1.67. The van der Waals surface area contributed by atoms with Gasteiger partial charge in [-0.1, -0.05) is 23.7 Å². The number of nitrogens with one attached hydrogen (secondary N) is 1. The highest BCUT2D eigenvalue weighted by Crippen LogP contribution is 2.25. The van der Waals surface area contributed by atoms with Crippen LogP contribution in [0.2, 0.25) is 5.02 Å². The number of halogens is 2. The zero-order valence-electron chi connectivity index (χ0n) is 10.5. The number of anilines is 1. The Kier molecular flexibility index (Phi) is 3.81. The summed E-state index contributed by atoms with van der Waals surface area (Å²) in [6, 6.07) is 5.79. The third-order valence-corrected chi connectivity index (χ3v) is 3.36. The molecule has 0 aliphatic carbocycles. The third kappa shape index (κ3) is 2.74. The molecule has 1 aromatic carbocycles. The average Bonchev–Trinajstić information content (AvgIpc) is 2.40. The van der Waals surface area contributed by atoms with Crippen molar-refractivity contribution < 1.29 is 9.18 Å². The molecule has 0 atom stereocenters. The second-order valence-corrected chi connectivity index (χ2v) is 4.51. The molecule has 0 aliphatic heterocycles. The van der Waals surface area contributed by atoms with Crippen LogP contribution in [0, 0.1) is 19.7 Å². The maximum atomic E-state index is 13.5. The minimum absolute atomic E-state index is 0.0152. The molecule has 0 aliphatic rings. The van der Waals surface area contributed by atoms with Crippen molar-refractivity contribution in [2.24, 2.45) is 0 Å². The predicted octanol–water partition coefficient (Wildman–Crippen LogP) is 3.74. The fraction of sp³-hybridized carbons (Fsp3) is 0.143. The number of carbonyl (C=O) groups is 1. The van der Waals surface area contributed by atoms with Gasteiger partial charge in [0.25, 0.3) is 5.91 Å². The molecule has 0 unspecified atom stereocenters. The molecule has 19 heavy (non-hydrogen) atoms. The van der Waals surface area contributed by atoms with Crippen molar-refractivity contribution in [1.82, 2.24) is 4.98 Å². The minimum Gasteiger partial charge on any atom is -0.320 e. The molecule has 2 rings (SSSR count). The van der Waals surface area contributed by atoms with Gasteiger partial charge in [0.15, 0.2) is 0 Å². The highest BCUT2D eigenvalue weighted by Gasteiger charge is 2.14. The number of benzene rings is 1. The fourth-order valence-corrected chi connectivity index (χ4v) is 1.82. The maximum Gasteiger partial charge on any atom is 0.258 e. The molecule has 0 saturated carbocycles. The maximum absolute atomic E-state index is 13.5. The van der Waals surface area contributed by atoms with Gasteiger partial charge in [0.05, 0.1) is 28.2 Å². The lowest BCUT2D eigenvalue weighted by atomic mass is 10.1. The summed E-state index contributed by atoms with van der Waals surface area (Å²) >= 11 is 6.06. The Morgan fingerprint density at radius 3 is 2.68 bits per heavy atom. The van der Waals surface area contributed by atoms with Crippen molar-refractivity contribution in [2.75, 3.05) is 5.32 Å². The SMILES string of the molecule is Cc1ncc(NC(=O)c2ccccc2F)c(C)c1Cl. The van der Waals surface area contributed by atoms with Crippen LogP contribution < -0.4 is 5.32 Å². The third-order valence-electron chi connectivity index (χ3n) is 2.80. The summed E-state index contributed by atoms with van der Waals surface area (Å²) in [4.78, 5) is 16.0. The van der Waals surface area contributed by atoms with E-state index >= 15 is 0 Å². The first-order valence-electron chi connectivity index (χ1n) is 5.68. The van der Waals surface area contributed by atoms with Crippen molar-refractivity contribution >= 4 is 23.2 Å². The van der Waals surface area contributed by atoms with Gasteiger partial charge in [-0.25, -0.2) is 4.39 Å². The number of hydrogen-bond acceptors (Lipinski definition) is 2. The molecule has 1 aromatic heterocycles. The summed E-state index contributed by atoms with van der Waals surface area (Å²) in [5.41, 5.74) is 1.85. The van der Waals surface area contributed by atoms with Gasteiger partial charge in [-0.3, -0.25) is 9.78 Å². The van der Waals surface area contributed by atoms with Crippen LogP contribution in [0.4, 0.5) is 10.1 Å². The van der Waals surface area contributed by atoms with Crippen LogP contribution >= 0.6 is 11.6 Å². The van der Waals surface area contributed by atoms with Crippen LogP contribution in [0.1, 0.15) is 21.6 Å². The molecule has 3 nitrogen and oxygen atoms in total. The number of carbonyl (C=O) groups excluding carboxylic acids is 1. The Balaban J connectivity index is 2.30. The second-order valence-electron chi connectivity index (χ2n) is 4.13. The van der Waals surface area contributed by atoms with E-state index in [0.717, 1.165) is 0 Å². The molecular weight excluding hydrogens is 267 g/mol. The van der Waals surface area contributed by atoms with Crippen LogP contribution in [0.3, 0.4) is 0 Å². The van der Waals surface area contributed by atoms with Gasteiger partial charge in [-0.15, -0.1) is 0 Å². The molecule has 5 heteroatoms. The van der Waals surface area contributed by atoms with Crippen molar-refractivity contribution in [3.05, 3.63) is 58.1 Å². The Hall–Kier alpha value is -1.94. The van der Waals surface area contributed by atoms with Gasteiger partial charge >= 0.3 is 0 Å². The van der Waals surface area contributed by atoms with E-state index in [4.69, 9.17) is 11.6 Å². The summed E-state index contributed by atoms with van der Waals surface area (Å²) < 4.78 is 13.5. The Morgan fingerprint density at radius 1 is 1.32 bits per heavy atom. The van der Waals surface area contributed by atoms with Crippen LogP contribution in [-0.4, -0.2) is 10.9 Å². The molecule has 1 N–H and O–H groups in total. The number of hydrogen-bond donors (Lipinski definition) is 1. The van der Waals surface area contributed by atoms with Gasteiger partial charge in [0.1, 0.15) is 5.82 Å². The quantitative estimate of drug-likeness (QED) is 0.909. The number of rotatable bonds is 2. The van der Waals surface area contributed by atoms with Crippen molar-refractivity contribution in [3.63, 3.8) is 0 Å². The molecule has 1 amide bonds. The predicted molar refractivity (Wildman–Crippen MR) is 73.1 cm³/mol. The van der Waals surface area contributed by atoms with Gasteiger partial charge < -0.3 is 5.32 Å². The Morgan fingerprint density at radius 2 is 2.00 bits per heavy atom. The zero-order valence-corrected chi connectivity index (χ0v) is 11.3. The first kappa shape index (κ1) is 13.5. The summed E-state index contributed by atoms with van der Waals surface area (Å²) in [5.74, 6) is -1.09. The normalized spacial score (nSPS) is 10.3. The number of nitrogens with zero attached hydrogens (tertiary/aromatic N) is 1. The number of pyridine rings is 1. The van der Waals surface area contributed by atoms with E-state index in [1.54, 1.807) is 19.9 Å². The van der Waals surface area contributed by atoms with Gasteiger partial charge in [-0.05, 0) is 31.5 Å². The first-order chi connectivity index (χ1) is 9.00. The van der Waals surface area contributed by atoms with E-state index in [1.165, 1.54) is 24.4 Å². The van der Waals surface area contributed by atoms with E-state index in [1.807, 2.05) is 0 Å². The Bertz CT molecular complexity index is 643. The summed E-state index contributed by atoms with van der Waals surface area (Å²) in [5, 5.41) is 3.10. The lowest BCUT2D eigenvalue weighted by Gasteiger charge is -2.10. The molecule has 0 fully saturated rings. The largest absolute Gasteiger partial charge is 0.320 e. The average molecular weight is 279 g/mol. The van der Waals surface area contributed by atoms with Gasteiger partial charge in [0, 0.05) is 0 Å². The number of aryl methyl sites for hydroxylation is 1. The lowest BCUT2D eigenvalue weighted by Crippen LogP contribution is -2.15. The summed E-state index contributed by atoms with van der Waals surface area (Å²) in [6.07, 6.45) is 1.51. The highest BCUT2D eigenvalue weighted by molar-refractivity contribution is 6.32. The minimum atomic E-state index is -0.566. The van der Waals surface area contributed by atoms with Crippen molar-refractivity contribution in [2.45, 2.75) is 13.8 Å². The molecule has 0 radical (unpaired) electrons. The van der Waals surface area contributed by atoms with Gasteiger partial charge in [0.2, 0.25) is 0 Å². The Labute approximate surface area is 115 Å². The molecule has 0 bridgehead atoms. The molecule has 98 valence electrons. The van der Waals surface area contributed by atoms with E-state index in [0.29, 0.717) is 22.0 Å². The topological polar surface area (TPSA) is 42.0 Å². The van der Waals surface area contributed by atoms with E-state index < -0.39 is 11.7 Å². The zero-order chi connectivity index (χ0) is 14.0. The second kappa shape index (κ2) is 5.36. The molecule has 0 saturated heterocycles. The van der Waals surface area contributed by atoms with Crippen LogP contribution in [0.5, 0.6) is 0 Å². The number of amides is 1. The lowest BCUT2D eigenvalue weighted by molar-refractivity contribution is 0.102. The monoisotopic (exact) mass is 278 g/mol. The van der Waals surface area contributed by atoms with Gasteiger partial charge in [-0.2, -0.15) is 0 Å². The standard InChI is InChI=1S/C14H12ClFN2O/c1-8-12(7-17-9(2)13(8)15)18-14(19)10-5-3-4-6-11(10)16/h3-7H,1-2H3,(H,18,19). The van der Waals surface area contributed by atoms with Crippen LogP contribution in [0.25, 0.3) is 0 Å². The molecular formula is C14H12ClFN2O. The highest BCUT2D eigenvalue weighted by atomic mass is 35.5. The number of aromatic nitrogens is 1. The first-order valence-corrected chi connectivity index (χ1v) is 6.06. The molecule has 2 aromatic rings. The summed E-state index contributed by atoms with van der Waals surface area (Å²) in [7, 11) is 0. The van der Waals surface area contributed by atoms with E-state index in [9.17, 15) is 9.18 Å². The smallest absolute Gasteiger partial charge is 0.258 e. The van der Waals surface area contributed by atoms with Crippen LogP contribution in [-0.2, 0) is 0 Å².